The van der Waals surface area contributed by atoms with Crippen LogP contribution in [0, 0.1) is 0 Å². The van der Waals surface area contributed by atoms with E-state index in [-0.39, 0.29) is 30.7 Å². The van der Waals surface area contributed by atoms with Gasteiger partial charge in [-0.1, -0.05) is 67.6 Å². The number of phenols is 1. The fourth-order valence-electron chi connectivity index (χ4n) is 5.98. The molecule has 0 saturated heterocycles. The number of amides is 1. The first-order valence-corrected chi connectivity index (χ1v) is 13.6. The molecule has 1 amide bonds. The van der Waals surface area contributed by atoms with Crippen LogP contribution in [-0.2, 0) is 42.7 Å². The van der Waals surface area contributed by atoms with Crippen molar-refractivity contribution < 1.29 is 20.1 Å². The Morgan fingerprint density at radius 1 is 1.05 bits per heavy atom. The maximum absolute atomic E-state index is 12.9. The van der Waals surface area contributed by atoms with Crippen LogP contribution < -0.4 is 5.32 Å². The number of aliphatic hydroxyl groups excluding tert-OH is 1. The molecule has 202 valence electrons. The lowest BCUT2D eigenvalue weighted by atomic mass is 9.75. The Morgan fingerprint density at radius 2 is 1.79 bits per heavy atom. The second kappa shape index (κ2) is 11.2. The Labute approximate surface area is 229 Å². The smallest absolute Gasteiger partial charge is 0.224 e. The first-order valence-electron chi connectivity index (χ1n) is 13.6. The Kier molecular flexibility index (Phi) is 7.69. The highest BCUT2D eigenvalue weighted by molar-refractivity contribution is 5.79. The van der Waals surface area contributed by atoms with E-state index in [4.69, 9.17) is 0 Å². The van der Waals surface area contributed by atoms with Crippen LogP contribution in [0.5, 0.6) is 5.75 Å². The molecular weight excluding hydrogens is 488 g/mol. The lowest BCUT2D eigenvalue weighted by Gasteiger charge is -2.36. The zero-order valence-electron chi connectivity index (χ0n) is 22.3. The van der Waals surface area contributed by atoms with Crippen molar-refractivity contribution in [1.82, 2.24) is 5.32 Å². The number of aliphatic hydroxyl groups is 2. The first-order chi connectivity index (χ1) is 18.8. The van der Waals surface area contributed by atoms with Crippen LogP contribution in [0.25, 0.3) is 0 Å². The largest absolute Gasteiger partial charge is 0.508 e. The average Bonchev–Trinajstić information content (AvgIpc) is 3.55. The number of rotatable bonds is 10. The Bertz CT molecular complexity index is 1380. The second-order valence-electron chi connectivity index (χ2n) is 10.9. The third-order valence-corrected chi connectivity index (χ3v) is 8.09. The minimum absolute atomic E-state index is 0.00837. The third-order valence-electron chi connectivity index (χ3n) is 8.09. The first kappa shape index (κ1) is 26.9. The van der Waals surface area contributed by atoms with Crippen LogP contribution in [0.3, 0.4) is 0 Å². The standard InChI is InChI=1S/C33H36N2O4/c1-2-32(13-6-14-34-32)22-33(39,28-11-12-30(37)27(17-28)21-36)20-24-8-5-7-23(15-24)16-31(38)35-29-18-25-9-3-4-10-26(25)19-29/h3-15,17,29,36-37,39H,2,16,18-22H2,1H3,(H,35,38). The van der Waals surface area contributed by atoms with E-state index in [1.54, 1.807) is 18.3 Å². The number of allylic oxidation sites excluding steroid dienone is 1. The van der Waals surface area contributed by atoms with Gasteiger partial charge < -0.3 is 20.6 Å². The molecule has 1 aliphatic carbocycles. The normalized spacial score (nSPS) is 19.7. The van der Waals surface area contributed by atoms with E-state index >= 15 is 0 Å². The average molecular weight is 525 g/mol. The van der Waals surface area contributed by atoms with Gasteiger partial charge in [0.15, 0.2) is 0 Å². The van der Waals surface area contributed by atoms with Crippen molar-refractivity contribution in [1.29, 1.82) is 0 Å². The SMILES string of the molecule is CCC1(CC(O)(Cc2cccc(CC(=O)NC3Cc4ccccc4C3)c2)c2ccc(O)c(CO)c2)C=CC=N1. The van der Waals surface area contributed by atoms with Crippen molar-refractivity contribution in [2.75, 3.05) is 0 Å². The summed E-state index contributed by atoms with van der Waals surface area (Å²) in [6.45, 7) is 1.72. The number of hydrogen-bond acceptors (Lipinski definition) is 5. The molecule has 5 rings (SSSR count). The van der Waals surface area contributed by atoms with Crippen molar-refractivity contribution in [2.24, 2.45) is 4.99 Å². The van der Waals surface area contributed by atoms with E-state index in [9.17, 15) is 20.1 Å². The fourth-order valence-corrected chi connectivity index (χ4v) is 5.98. The van der Waals surface area contributed by atoms with E-state index < -0.39 is 11.1 Å². The van der Waals surface area contributed by atoms with Gasteiger partial charge in [0.2, 0.25) is 5.91 Å². The van der Waals surface area contributed by atoms with Crippen molar-refractivity contribution in [2.45, 2.75) is 69.2 Å². The summed E-state index contributed by atoms with van der Waals surface area (Å²) in [6.07, 6.45) is 9.02. The van der Waals surface area contributed by atoms with Gasteiger partial charge in [-0.05, 0) is 65.3 Å². The van der Waals surface area contributed by atoms with Gasteiger partial charge in [0.25, 0.3) is 0 Å². The molecule has 6 nitrogen and oxygen atoms in total. The number of benzene rings is 3. The van der Waals surface area contributed by atoms with Gasteiger partial charge in [-0.15, -0.1) is 0 Å². The summed E-state index contributed by atoms with van der Waals surface area (Å²) in [5, 5.41) is 35.3. The molecule has 3 aromatic carbocycles. The quantitative estimate of drug-likeness (QED) is 0.317. The number of carbonyl (C=O) groups is 1. The van der Waals surface area contributed by atoms with Crippen LogP contribution in [0.4, 0.5) is 0 Å². The van der Waals surface area contributed by atoms with Gasteiger partial charge in [0.05, 0.1) is 24.2 Å². The molecule has 39 heavy (non-hydrogen) atoms. The van der Waals surface area contributed by atoms with Gasteiger partial charge in [0.1, 0.15) is 5.75 Å². The van der Waals surface area contributed by atoms with E-state index in [1.165, 1.54) is 17.2 Å². The van der Waals surface area contributed by atoms with Crippen LogP contribution >= 0.6 is 0 Å². The molecule has 2 atom stereocenters. The second-order valence-corrected chi connectivity index (χ2v) is 10.9. The Hall–Kier alpha value is -3.74. The predicted molar refractivity (Wildman–Crippen MR) is 153 cm³/mol. The maximum Gasteiger partial charge on any atom is 0.224 e. The molecule has 2 unspecified atom stereocenters. The van der Waals surface area contributed by atoms with Crippen molar-refractivity contribution in [3.63, 3.8) is 0 Å². The predicted octanol–water partition coefficient (Wildman–Crippen LogP) is 4.32. The topological polar surface area (TPSA) is 102 Å². The third kappa shape index (κ3) is 5.97. The summed E-state index contributed by atoms with van der Waals surface area (Å²) in [5.74, 6) is -0.0207. The highest BCUT2D eigenvalue weighted by atomic mass is 16.3. The molecule has 0 saturated carbocycles. The summed E-state index contributed by atoms with van der Waals surface area (Å²) < 4.78 is 0. The van der Waals surface area contributed by atoms with Gasteiger partial charge >= 0.3 is 0 Å². The van der Waals surface area contributed by atoms with Crippen LogP contribution in [0.1, 0.15) is 53.1 Å². The van der Waals surface area contributed by atoms with Crippen LogP contribution in [0.2, 0.25) is 0 Å². The van der Waals surface area contributed by atoms with Gasteiger partial charge in [-0.2, -0.15) is 0 Å². The fraction of sp³-hybridized carbons (Fsp3) is 0.333. The van der Waals surface area contributed by atoms with E-state index in [0.29, 0.717) is 24.0 Å². The molecule has 3 aromatic rings. The van der Waals surface area contributed by atoms with E-state index in [2.05, 4.69) is 22.4 Å². The van der Waals surface area contributed by atoms with Crippen LogP contribution in [-0.4, -0.2) is 39.0 Å². The van der Waals surface area contributed by atoms with E-state index in [0.717, 1.165) is 30.4 Å². The molecule has 1 aliphatic heterocycles. The van der Waals surface area contributed by atoms with Gasteiger partial charge in [-0.3, -0.25) is 9.79 Å². The number of nitrogens with zero attached hydrogens (tertiary/aromatic N) is 1. The minimum atomic E-state index is -1.32. The molecule has 0 spiro atoms. The Balaban J connectivity index is 1.34. The summed E-state index contributed by atoms with van der Waals surface area (Å²) in [5.41, 5.74) is 3.49. The molecule has 0 fully saturated rings. The highest BCUT2D eigenvalue weighted by Crippen LogP contribution is 2.40. The number of hydrogen-bond donors (Lipinski definition) is 4. The minimum Gasteiger partial charge on any atom is -0.508 e. The lowest BCUT2D eigenvalue weighted by molar-refractivity contribution is -0.121. The molecule has 0 bridgehead atoms. The number of fused-ring (bicyclic) bond motifs is 1. The number of nitrogens with one attached hydrogen (secondary N) is 1. The monoisotopic (exact) mass is 524 g/mol. The number of carbonyl (C=O) groups excluding carboxylic acids is 1. The lowest BCUT2D eigenvalue weighted by Crippen LogP contribution is -2.38. The maximum atomic E-state index is 12.9. The summed E-state index contributed by atoms with van der Waals surface area (Å²) >= 11 is 0. The molecule has 2 aliphatic rings. The summed E-state index contributed by atoms with van der Waals surface area (Å²) in [7, 11) is 0. The van der Waals surface area contributed by atoms with E-state index in [1.807, 2.05) is 55.5 Å². The van der Waals surface area contributed by atoms with Crippen molar-refractivity contribution in [3.05, 3.63) is 112 Å². The molecular formula is C33H36N2O4. The van der Waals surface area contributed by atoms with Crippen molar-refractivity contribution >= 4 is 12.1 Å². The van der Waals surface area contributed by atoms with Crippen LogP contribution in [0.15, 0.2) is 83.9 Å². The highest BCUT2D eigenvalue weighted by Gasteiger charge is 2.40. The molecule has 6 heteroatoms. The molecule has 0 radical (unpaired) electrons. The van der Waals surface area contributed by atoms with Crippen molar-refractivity contribution in [3.8, 4) is 5.75 Å². The Morgan fingerprint density at radius 3 is 2.46 bits per heavy atom. The summed E-state index contributed by atoms with van der Waals surface area (Å²) in [6, 6.07) is 21.1. The van der Waals surface area contributed by atoms with Gasteiger partial charge in [-0.25, -0.2) is 0 Å². The number of aromatic hydroxyl groups is 1. The molecule has 4 N–H and O–H groups in total. The molecule has 0 aromatic heterocycles. The molecule has 1 heterocycles. The van der Waals surface area contributed by atoms with Gasteiger partial charge in [0, 0.05) is 30.7 Å². The summed E-state index contributed by atoms with van der Waals surface area (Å²) in [4.78, 5) is 17.6. The zero-order chi connectivity index (χ0) is 27.5. The zero-order valence-corrected chi connectivity index (χ0v) is 22.3. The number of aliphatic imine (C=N–C) groups is 1.